The summed E-state index contributed by atoms with van der Waals surface area (Å²) in [5, 5.41) is 5.51. The number of hydrogen-bond acceptors (Lipinski definition) is 5. The lowest BCUT2D eigenvalue weighted by atomic mass is 9.98. The topological polar surface area (TPSA) is 105 Å². The molecular formula is C18H27N3O5S. The highest BCUT2D eigenvalue weighted by molar-refractivity contribution is 7.89. The van der Waals surface area contributed by atoms with Crippen molar-refractivity contribution in [2.24, 2.45) is 5.92 Å². The van der Waals surface area contributed by atoms with Crippen molar-refractivity contribution in [2.75, 3.05) is 44.4 Å². The molecule has 0 unspecified atom stereocenters. The first-order chi connectivity index (χ1) is 12.9. The molecule has 0 aliphatic carbocycles. The highest BCUT2D eigenvalue weighted by Gasteiger charge is 2.31. The van der Waals surface area contributed by atoms with Crippen LogP contribution < -0.4 is 10.6 Å². The number of anilines is 1. The van der Waals surface area contributed by atoms with E-state index in [-0.39, 0.29) is 24.1 Å². The van der Waals surface area contributed by atoms with E-state index in [1.54, 1.807) is 38.3 Å². The van der Waals surface area contributed by atoms with Gasteiger partial charge in [-0.25, -0.2) is 12.7 Å². The van der Waals surface area contributed by atoms with Crippen LogP contribution in [-0.2, 0) is 19.6 Å². The van der Waals surface area contributed by atoms with E-state index in [0.717, 1.165) is 0 Å². The smallest absolute Gasteiger partial charge is 0.253 e. The quantitative estimate of drug-likeness (QED) is 0.638. The zero-order chi connectivity index (χ0) is 19.9. The number of carbonyl (C=O) groups excluding carboxylic acids is 2. The molecule has 27 heavy (non-hydrogen) atoms. The SMILES string of the molecule is CCS(=O)(=O)N1CCC[C@@H](C(=O)Nc2ccccc2C(=O)NCCOC)C1. The second-order valence-corrected chi connectivity index (χ2v) is 8.64. The van der Waals surface area contributed by atoms with Crippen LogP contribution in [0.5, 0.6) is 0 Å². The van der Waals surface area contributed by atoms with E-state index in [2.05, 4.69) is 10.6 Å². The number of sulfonamides is 1. The lowest BCUT2D eigenvalue weighted by Crippen LogP contribution is -2.44. The Morgan fingerprint density at radius 1 is 1.30 bits per heavy atom. The number of para-hydroxylation sites is 1. The van der Waals surface area contributed by atoms with Crippen LogP contribution in [0.2, 0.25) is 0 Å². The molecule has 1 saturated heterocycles. The average Bonchev–Trinajstić information content (AvgIpc) is 2.68. The van der Waals surface area contributed by atoms with Gasteiger partial charge in [-0.1, -0.05) is 12.1 Å². The minimum absolute atomic E-state index is 0.0197. The fraction of sp³-hybridized carbons (Fsp3) is 0.556. The summed E-state index contributed by atoms with van der Waals surface area (Å²) in [5.41, 5.74) is 0.767. The lowest BCUT2D eigenvalue weighted by molar-refractivity contribution is -0.120. The minimum Gasteiger partial charge on any atom is -0.383 e. The number of nitrogens with zero attached hydrogens (tertiary/aromatic N) is 1. The Labute approximate surface area is 160 Å². The molecule has 2 amide bonds. The van der Waals surface area contributed by atoms with Crippen LogP contribution in [0.15, 0.2) is 24.3 Å². The molecule has 1 aromatic carbocycles. The largest absolute Gasteiger partial charge is 0.383 e. The standard InChI is InChI=1S/C18H27N3O5S/c1-3-27(24,25)21-11-6-7-14(13-21)17(22)20-16-9-5-4-8-15(16)18(23)19-10-12-26-2/h4-5,8-9,14H,3,6-7,10-13H2,1-2H3,(H,19,23)(H,20,22)/t14-/m1/s1. The zero-order valence-electron chi connectivity index (χ0n) is 15.7. The van der Waals surface area contributed by atoms with Crippen molar-refractivity contribution in [1.29, 1.82) is 0 Å². The molecule has 1 heterocycles. The number of carbonyl (C=O) groups is 2. The summed E-state index contributed by atoms with van der Waals surface area (Å²) in [6.07, 6.45) is 1.25. The number of piperidine rings is 1. The van der Waals surface area contributed by atoms with E-state index >= 15 is 0 Å². The van der Waals surface area contributed by atoms with Gasteiger partial charge in [0.15, 0.2) is 0 Å². The number of nitrogens with one attached hydrogen (secondary N) is 2. The van der Waals surface area contributed by atoms with Crippen LogP contribution in [0, 0.1) is 5.92 Å². The van der Waals surface area contributed by atoms with Crippen molar-refractivity contribution in [3.8, 4) is 0 Å². The van der Waals surface area contributed by atoms with Gasteiger partial charge in [0.05, 0.1) is 29.5 Å². The summed E-state index contributed by atoms with van der Waals surface area (Å²) in [4.78, 5) is 25.0. The van der Waals surface area contributed by atoms with Crippen molar-refractivity contribution < 1.29 is 22.7 Å². The van der Waals surface area contributed by atoms with Crippen LogP contribution >= 0.6 is 0 Å². The number of benzene rings is 1. The molecule has 1 atom stereocenters. The lowest BCUT2D eigenvalue weighted by Gasteiger charge is -2.31. The monoisotopic (exact) mass is 397 g/mol. The van der Waals surface area contributed by atoms with E-state index in [1.165, 1.54) is 4.31 Å². The molecule has 0 aromatic heterocycles. The Bertz CT molecular complexity index is 766. The second-order valence-electron chi connectivity index (χ2n) is 6.38. The van der Waals surface area contributed by atoms with E-state index in [0.29, 0.717) is 43.8 Å². The summed E-state index contributed by atoms with van der Waals surface area (Å²) in [5.74, 6) is -0.999. The van der Waals surface area contributed by atoms with Crippen LogP contribution in [0.3, 0.4) is 0 Å². The summed E-state index contributed by atoms with van der Waals surface area (Å²) in [7, 11) is -1.77. The van der Waals surface area contributed by atoms with Crippen molar-refractivity contribution in [1.82, 2.24) is 9.62 Å². The molecule has 1 aromatic rings. The highest BCUT2D eigenvalue weighted by Crippen LogP contribution is 2.22. The third-order valence-corrected chi connectivity index (χ3v) is 6.38. The van der Waals surface area contributed by atoms with E-state index < -0.39 is 15.9 Å². The number of ether oxygens (including phenoxy) is 1. The zero-order valence-corrected chi connectivity index (χ0v) is 16.5. The van der Waals surface area contributed by atoms with Crippen molar-refractivity contribution in [2.45, 2.75) is 19.8 Å². The molecule has 0 spiro atoms. The third kappa shape index (κ3) is 5.75. The maximum atomic E-state index is 12.7. The second kappa shape index (κ2) is 9.82. The number of methoxy groups -OCH3 is 1. The van der Waals surface area contributed by atoms with Gasteiger partial charge in [0.1, 0.15) is 0 Å². The van der Waals surface area contributed by atoms with Crippen molar-refractivity contribution in [3.05, 3.63) is 29.8 Å². The first-order valence-electron chi connectivity index (χ1n) is 9.04. The van der Waals surface area contributed by atoms with Gasteiger partial charge in [-0.15, -0.1) is 0 Å². The highest BCUT2D eigenvalue weighted by atomic mass is 32.2. The molecule has 0 radical (unpaired) electrons. The molecule has 9 heteroatoms. The first-order valence-corrected chi connectivity index (χ1v) is 10.6. The van der Waals surface area contributed by atoms with Crippen molar-refractivity contribution >= 4 is 27.5 Å². The minimum atomic E-state index is -3.32. The Kier molecular flexibility index (Phi) is 7.76. The average molecular weight is 397 g/mol. The Hall–Kier alpha value is -1.97. The van der Waals surface area contributed by atoms with Gasteiger partial charge in [0, 0.05) is 26.7 Å². The maximum Gasteiger partial charge on any atom is 0.253 e. The Balaban J connectivity index is 2.06. The van der Waals surface area contributed by atoms with Gasteiger partial charge in [-0.2, -0.15) is 0 Å². The van der Waals surface area contributed by atoms with Gasteiger partial charge >= 0.3 is 0 Å². The fourth-order valence-electron chi connectivity index (χ4n) is 2.98. The molecule has 150 valence electrons. The fourth-order valence-corrected chi connectivity index (χ4v) is 4.16. The summed E-state index contributed by atoms with van der Waals surface area (Å²) < 4.78 is 30.5. The Morgan fingerprint density at radius 2 is 2.04 bits per heavy atom. The maximum absolute atomic E-state index is 12.7. The summed E-state index contributed by atoms with van der Waals surface area (Å²) in [6, 6.07) is 6.74. The number of amides is 2. The van der Waals surface area contributed by atoms with Crippen LogP contribution in [0.1, 0.15) is 30.1 Å². The van der Waals surface area contributed by atoms with Crippen LogP contribution in [0.25, 0.3) is 0 Å². The van der Waals surface area contributed by atoms with E-state index in [4.69, 9.17) is 4.74 Å². The van der Waals surface area contributed by atoms with Crippen LogP contribution in [-0.4, -0.2) is 63.6 Å². The molecule has 0 saturated carbocycles. The summed E-state index contributed by atoms with van der Waals surface area (Å²) in [6.45, 7) is 2.97. The molecule has 8 nitrogen and oxygen atoms in total. The molecular weight excluding hydrogens is 370 g/mol. The van der Waals surface area contributed by atoms with Gasteiger partial charge in [-0.3, -0.25) is 9.59 Å². The number of rotatable bonds is 8. The van der Waals surface area contributed by atoms with Gasteiger partial charge in [-0.05, 0) is 31.9 Å². The van der Waals surface area contributed by atoms with Gasteiger partial charge < -0.3 is 15.4 Å². The van der Waals surface area contributed by atoms with Gasteiger partial charge in [0.25, 0.3) is 5.91 Å². The normalized spacial score (nSPS) is 18.1. The van der Waals surface area contributed by atoms with Crippen LogP contribution in [0.4, 0.5) is 5.69 Å². The van der Waals surface area contributed by atoms with Crippen molar-refractivity contribution in [3.63, 3.8) is 0 Å². The Morgan fingerprint density at radius 3 is 2.74 bits per heavy atom. The molecule has 1 aliphatic rings. The number of hydrogen-bond donors (Lipinski definition) is 2. The summed E-state index contributed by atoms with van der Waals surface area (Å²) >= 11 is 0. The molecule has 2 rings (SSSR count). The van der Waals surface area contributed by atoms with E-state index in [9.17, 15) is 18.0 Å². The third-order valence-electron chi connectivity index (χ3n) is 4.53. The predicted octanol–water partition coefficient (Wildman–Crippen LogP) is 1.06. The molecule has 1 aliphatic heterocycles. The first kappa shape index (κ1) is 21.3. The van der Waals surface area contributed by atoms with E-state index in [1.807, 2.05) is 0 Å². The predicted molar refractivity (Wildman–Crippen MR) is 103 cm³/mol. The molecule has 0 bridgehead atoms. The molecule has 1 fully saturated rings. The molecule has 2 N–H and O–H groups in total. The van der Waals surface area contributed by atoms with Gasteiger partial charge in [0.2, 0.25) is 15.9 Å².